The van der Waals surface area contributed by atoms with Crippen molar-refractivity contribution < 1.29 is 23.9 Å². The normalized spacial score (nSPS) is 11.2. The molecule has 0 radical (unpaired) electrons. The molecular weight excluding hydrogens is 432 g/mol. The van der Waals surface area contributed by atoms with E-state index in [2.05, 4.69) is 5.16 Å². The van der Waals surface area contributed by atoms with Crippen molar-refractivity contribution in [3.05, 3.63) is 78.5 Å². The third-order valence-corrected chi connectivity index (χ3v) is 5.69. The van der Waals surface area contributed by atoms with E-state index in [9.17, 15) is 9.90 Å². The van der Waals surface area contributed by atoms with Gasteiger partial charge in [0, 0.05) is 34.8 Å². The highest BCUT2D eigenvalue weighted by molar-refractivity contribution is 6.08. The van der Waals surface area contributed by atoms with Crippen molar-refractivity contribution in [1.29, 1.82) is 0 Å². The molecule has 3 aromatic carbocycles. The second-order valence-corrected chi connectivity index (χ2v) is 8.10. The molecule has 0 aliphatic carbocycles. The summed E-state index contributed by atoms with van der Waals surface area (Å²) in [7, 11) is 0. The molecular formula is C27H24N2O5. The number of para-hydroxylation sites is 1. The van der Waals surface area contributed by atoms with Gasteiger partial charge < -0.3 is 23.7 Å². The van der Waals surface area contributed by atoms with Crippen LogP contribution in [0.1, 0.15) is 12.0 Å². The van der Waals surface area contributed by atoms with Crippen molar-refractivity contribution in [2.75, 3.05) is 13.2 Å². The fourth-order valence-electron chi connectivity index (χ4n) is 4.17. The SMILES string of the molecule is Cc1ccc(OCCCOc2ccc3c4ccccc4n(CC(=O)O)c3c2)c(-c2ccno2)c1. The van der Waals surface area contributed by atoms with Crippen molar-refractivity contribution in [3.63, 3.8) is 0 Å². The van der Waals surface area contributed by atoms with Crippen molar-refractivity contribution in [3.8, 4) is 22.8 Å². The number of aromatic nitrogens is 2. The zero-order valence-electron chi connectivity index (χ0n) is 18.7. The first-order valence-electron chi connectivity index (χ1n) is 11.1. The Morgan fingerprint density at radius 1 is 0.971 bits per heavy atom. The van der Waals surface area contributed by atoms with Gasteiger partial charge in [0.1, 0.15) is 18.0 Å². The van der Waals surface area contributed by atoms with Gasteiger partial charge in [-0.3, -0.25) is 4.79 Å². The monoisotopic (exact) mass is 456 g/mol. The molecule has 0 saturated heterocycles. The molecule has 0 saturated carbocycles. The molecule has 7 nitrogen and oxygen atoms in total. The molecule has 5 aromatic rings. The topological polar surface area (TPSA) is 86.7 Å². The van der Waals surface area contributed by atoms with Gasteiger partial charge in [-0.15, -0.1) is 0 Å². The summed E-state index contributed by atoms with van der Waals surface area (Å²) in [5.41, 5.74) is 3.72. The van der Waals surface area contributed by atoms with Gasteiger partial charge in [-0.1, -0.05) is 35.0 Å². The molecule has 5 rings (SSSR count). The lowest BCUT2D eigenvalue weighted by Gasteiger charge is -2.11. The number of carboxylic acids is 1. The van der Waals surface area contributed by atoms with Crippen LogP contribution in [0.5, 0.6) is 11.5 Å². The highest BCUT2D eigenvalue weighted by atomic mass is 16.5. The number of carboxylic acid groups (broad SMARTS) is 1. The van der Waals surface area contributed by atoms with Crippen LogP contribution in [-0.4, -0.2) is 34.0 Å². The van der Waals surface area contributed by atoms with Crippen LogP contribution < -0.4 is 9.47 Å². The number of benzene rings is 3. The van der Waals surface area contributed by atoms with Crippen molar-refractivity contribution >= 4 is 27.8 Å². The lowest BCUT2D eigenvalue weighted by atomic mass is 10.1. The van der Waals surface area contributed by atoms with Crippen LogP contribution in [-0.2, 0) is 11.3 Å². The quantitative estimate of drug-likeness (QED) is 0.287. The Hall–Kier alpha value is -4.26. The first-order valence-corrected chi connectivity index (χ1v) is 11.1. The third-order valence-electron chi connectivity index (χ3n) is 5.69. The maximum Gasteiger partial charge on any atom is 0.323 e. The van der Waals surface area contributed by atoms with E-state index in [1.54, 1.807) is 6.20 Å². The molecule has 1 N–H and O–H groups in total. The summed E-state index contributed by atoms with van der Waals surface area (Å²) in [4.78, 5) is 11.4. The largest absolute Gasteiger partial charge is 0.493 e. The van der Waals surface area contributed by atoms with E-state index in [0.29, 0.717) is 31.1 Å². The molecule has 0 amide bonds. The number of fused-ring (bicyclic) bond motifs is 3. The van der Waals surface area contributed by atoms with Gasteiger partial charge in [-0.2, -0.15) is 0 Å². The Morgan fingerprint density at radius 3 is 2.62 bits per heavy atom. The van der Waals surface area contributed by atoms with E-state index in [0.717, 1.165) is 38.7 Å². The Balaban J connectivity index is 1.26. The minimum atomic E-state index is -0.882. The van der Waals surface area contributed by atoms with Gasteiger partial charge in [-0.25, -0.2) is 0 Å². The molecule has 0 aliphatic rings. The molecule has 2 aromatic heterocycles. The minimum Gasteiger partial charge on any atom is -0.493 e. The summed E-state index contributed by atoms with van der Waals surface area (Å²) in [6, 6.07) is 21.4. The smallest absolute Gasteiger partial charge is 0.323 e. The Labute approximate surface area is 196 Å². The van der Waals surface area contributed by atoms with Gasteiger partial charge in [-0.05, 0) is 37.3 Å². The number of hydrogen-bond acceptors (Lipinski definition) is 5. The molecule has 0 atom stereocenters. The summed E-state index contributed by atoms with van der Waals surface area (Å²) >= 11 is 0. The van der Waals surface area contributed by atoms with Gasteiger partial charge in [0.2, 0.25) is 0 Å². The average Bonchev–Trinajstić information content (AvgIpc) is 3.47. The third kappa shape index (κ3) is 4.32. The highest BCUT2D eigenvalue weighted by Gasteiger charge is 2.14. The molecule has 172 valence electrons. The summed E-state index contributed by atoms with van der Waals surface area (Å²) in [6.45, 7) is 2.86. The van der Waals surface area contributed by atoms with Crippen LogP contribution in [0.25, 0.3) is 33.1 Å². The van der Waals surface area contributed by atoms with E-state index >= 15 is 0 Å². The lowest BCUT2D eigenvalue weighted by Crippen LogP contribution is -2.08. The van der Waals surface area contributed by atoms with Crippen LogP contribution in [0.2, 0.25) is 0 Å². The number of aliphatic carboxylic acids is 1. The standard InChI is InChI=1S/C27H24N2O5/c1-18-7-10-25(22(15-18)26-11-12-28-34-26)33-14-4-13-32-19-8-9-21-20-5-2-3-6-23(20)29(17-27(30)31)24(21)16-19/h2-3,5-12,15-16H,4,13-14,17H2,1H3,(H,30,31). The maximum absolute atomic E-state index is 11.4. The molecule has 2 heterocycles. The molecule has 0 bridgehead atoms. The molecule has 0 spiro atoms. The summed E-state index contributed by atoms with van der Waals surface area (Å²) < 4.78 is 19.1. The highest BCUT2D eigenvalue weighted by Crippen LogP contribution is 2.32. The van der Waals surface area contributed by atoms with E-state index in [4.69, 9.17) is 14.0 Å². The number of nitrogens with zero attached hydrogens (tertiary/aromatic N) is 2. The first-order chi connectivity index (χ1) is 16.6. The fourth-order valence-corrected chi connectivity index (χ4v) is 4.17. The number of rotatable bonds is 9. The predicted molar refractivity (Wildman–Crippen MR) is 129 cm³/mol. The van der Waals surface area contributed by atoms with Crippen LogP contribution >= 0.6 is 0 Å². The molecule has 0 aliphatic heterocycles. The summed E-state index contributed by atoms with van der Waals surface area (Å²) in [6.07, 6.45) is 2.29. The molecule has 7 heteroatoms. The van der Waals surface area contributed by atoms with Crippen molar-refractivity contribution in [2.45, 2.75) is 19.9 Å². The number of hydrogen-bond donors (Lipinski definition) is 1. The minimum absolute atomic E-state index is 0.106. The van der Waals surface area contributed by atoms with Crippen LogP contribution in [0.15, 0.2) is 77.4 Å². The van der Waals surface area contributed by atoms with E-state index in [1.165, 1.54) is 0 Å². The zero-order chi connectivity index (χ0) is 23.5. The van der Waals surface area contributed by atoms with E-state index < -0.39 is 5.97 Å². The lowest BCUT2D eigenvalue weighted by molar-refractivity contribution is -0.137. The molecule has 0 unspecified atom stereocenters. The van der Waals surface area contributed by atoms with Crippen molar-refractivity contribution in [1.82, 2.24) is 9.72 Å². The first kappa shape index (κ1) is 21.6. The summed E-state index contributed by atoms with van der Waals surface area (Å²) in [5.74, 6) is 1.22. The second-order valence-electron chi connectivity index (χ2n) is 8.10. The van der Waals surface area contributed by atoms with Gasteiger partial charge in [0.25, 0.3) is 0 Å². The maximum atomic E-state index is 11.4. The molecule has 34 heavy (non-hydrogen) atoms. The Morgan fingerprint density at radius 2 is 1.79 bits per heavy atom. The fraction of sp³-hybridized carbons (Fsp3) is 0.185. The number of carbonyl (C=O) groups is 1. The van der Waals surface area contributed by atoms with E-state index in [-0.39, 0.29) is 6.54 Å². The van der Waals surface area contributed by atoms with Gasteiger partial charge in [0.05, 0.1) is 30.5 Å². The van der Waals surface area contributed by atoms with E-state index in [1.807, 2.05) is 78.2 Å². The van der Waals surface area contributed by atoms with Crippen LogP contribution in [0.4, 0.5) is 0 Å². The number of aryl methyl sites for hydroxylation is 1. The zero-order valence-corrected chi connectivity index (χ0v) is 18.7. The Kier molecular flexibility index (Phi) is 5.91. The van der Waals surface area contributed by atoms with Crippen LogP contribution in [0, 0.1) is 6.92 Å². The van der Waals surface area contributed by atoms with Gasteiger partial charge in [0.15, 0.2) is 5.76 Å². The van der Waals surface area contributed by atoms with Crippen molar-refractivity contribution in [2.24, 2.45) is 0 Å². The summed E-state index contributed by atoms with van der Waals surface area (Å²) in [5, 5.41) is 15.2. The number of ether oxygens (including phenoxy) is 2. The second kappa shape index (κ2) is 9.31. The van der Waals surface area contributed by atoms with Crippen LogP contribution in [0.3, 0.4) is 0 Å². The predicted octanol–water partition coefficient (Wildman–Crippen LogP) is 5.69. The molecule has 0 fully saturated rings. The van der Waals surface area contributed by atoms with Gasteiger partial charge >= 0.3 is 5.97 Å². The average molecular weight is 456 g/mol. The Bertz CT molecular complexity index is 1450.